The number of hydrogen-bond acceptors (Lipinski definition) is 5. The van der Waals surface area contributed by atoms with Crippen LogP contribution in [0.25, 0.3) is 0 Å². The molecule has 6 heteroatoms. The van der Waals surface area contributed by atoms with Gasteiger partial charge in [-0.1, -0.05) is 0 Å². The van der Waals surface area contributed by atoms with Crippen LogP contribution in [0.5, 0.6) is 0 Å². The molecule has 1 rings (SSSR count). The van der Waals surface area contributed by atoms with Crippen LogP contribution in [0.1, 0.15) is 20.7 Å². The number of esters is 1. The lowest BCUT2D eigenvalue weighted by Gasteiger charge is -2.10. The second-order valence-corrected chi connectivity index (χ2v) is 3.06. The molecule has 0 saturated carbocycles. The zero-order chi connectivity index (χ0) is 12.1. The Morgan fingerprint density at radius 2 is 1.75 bits per heavy atom. The number of benzene rings is 1. The number of carboxylic acids is 1. The lowest BCUT2D eigenvalue weighted by Crippen LogP contribution is -2.34. The van der Waals surface area contributed by atoms with Crippen molar-refractivity contribution in [2.75, 3.05) is 6.54 Å². The largest absolute Gasteiger partial charge is 0.478 e. The van der Waals surface area contributed by atoms with Gasteiger partial charge in [-0.25, -0.2) is 9.59 Å². The summed E-state index contributed by atoms with van der Waals surface area (Å²) in [4.78, 5) is 21.9. The third-order valence-electron chi connectivity index (χ3n) is 1.86. The van der Waals surface area contributed by atoms with Gasteiger partial charge in [-0.15, -0.1) is 0 Å². The van der Waals surface area contributed by atoms with Gasteiger partial charge >= 0.3 is 11.9 Å². The monoisotopic (exact) mass is 224 g/mol. The van der Waals surface area contributed by atoms with Gasteiger partial charge in [0, 0.05) is 6.54 Å². The average molecular weight is 224 g/mol. The zero-order valence-corrected chi connectivity index (χ0v) is 8.42. The number of nitrogens with two attached hydrogens (primary N) is 2. The van der Waals surface area contributed by atoms with Gasteiger partial charge in [-0.2, -0.15) is 0 Å². The number of carbonyl (C=O) groups excluding carboxylic acids is 1. The van der Waals surface area contributed by atoms with E-state index in [1.54, 1.807) is 0 Å². The Morgan fingerprint density at radius 3 is 2.19 bits per heavy atom. The van der Waals surface area contributed by atoms with Gasteiger partial charge < -0.3 is 15.6 Å². The number of ether oxygens (including phenoxy) is 1. The molecule has 5 N–H and O–H groups in total. The van der Waals surface area contributed by atoms with Gasteiger partial charge in [0.05, 0.1) is 11.1 Å². The maximum Gasteiger partial charge on any atom is 0.339 e. The van der Waals surface area contributed by atoms with E-state index >= 15 is 0 Å². The highest BCUT2D eigenvalue weighted by Crippen LogP contribution is 2.06. The zero-order valence-electron chi connectivity index (χ0n) is 8.42. The maximum absolute atomic E-state index is 11.4. The molecule has 0 aliphatic carbocycles. The fraction of sp³-hybridized carbons (Fsp3) is 0.200. The van der Waals surface area contributed by atoms with Crippen molar-refractivity contribution in [3.8, 4) is 0 Å². The first-order valence-electron chi connectivity index (χ1n) is 4.54. The predicted molar refractivity (Wildman–Crippen MR) is 55.8 cm³/mol. The van der Waals surface area contributed by atoms with E-state index in [4.69, 9.17) is 21.3 Å². The van der Waals surface area contributed by atoms with Crippen LogP contribution in [-0.2, 0) is 4.74 Å². The van der Waals surface area contributed by atoms with Crippen LogP contribution in [0.4, 0.5) is 0 Å². The Kier molecular flexibility index (Phi) is 3.98. The van der Waals surface area contributed by atoms with Crippen molar-refractivity contribution in [3.05, 3.63) is 35.4 Å². The van der Waals surface area contributed by atoms with Crippen LogP contribution in [0, 0.1) is 0 Å². The number of hydrogen-bond donors (Lipinski definition) is 3. The summed E-state index contributed by atoms with van der Waals surface area (Å²) in [7, 11) is 0. The highest BCUT2D eigenvalue weighted by Gasteiger charge is 2.11. The van der Waals surface area contributed by atoms with E-state index in [0.717, 1.165) is 0 Å². The van der Waals surface area contributed by atoms with Crippen molar-refractivity contribution in [2.24, 2.45) is 11.5 Å². The summed E-state index contributed by atoms with van der Waals surface area (Å²) in [5, 5.41) is 8.65. The van der Waals surface area contributed by atoms with Crippen LogP contribution < -0.4 is 11.5 Å². The minimum atomic E-state index is -1.06. The van der Waals surface area contributed by atoms with E-state index in [2.05, 4.69) is 0 Å². The molecule has 0 aromatic heterocycles. The molecule has 1 unspecified atom stereocenters. The molecule has 1 aromatic carbocycles. The third-order valence-corrected chi connectivity index (χ3v) is 1.86. The van der Waals surface area contributed by atoms with E-state index in [0.29, 0.717) is 0 Å². The van der Waals surface area contributed by atoms with Crippen molar-refractivity contribution >= 4 is 11.9 Å². The van der Waals surface area contributed by atoms with E-state index in [1.165, 1.54) is 24.3 Å². The molecular formula is C10H12N2O4. The first-order valence-corrected chi connectivity index (χ1v) is 4.54. The molecule has 0 amide bonds. The molecule has 0 fully saturated rings. The van der Waals surface area contributed by atoms with Gasteiger partial charge in [-0.05, 0) is 24.3 Å². The molecular weight excluding hydrogens is 212 g/mol. The van der Waals surface area contributed by atoms with E-state index in [-0.39, 0.29) is 17.7 Å². The van der Waals surface area contributed by atoms with Gasteiger partial charge in [0.15, 0.2) is 6.23 Å². The molecule has 6 nitrogen and oxygen atoms in total. The topological polar surface area (TPSA) is 116 Å². The van der Waals surface area contributed by atoms with Crippen LogP contribution in [0.15, 0.2) is 24.3 Å². The molecule has 0 aliphatic rings. The first-order chi connectivity index (χ1) is 7.54. The smallest absolute Gasteiger partial charge is 0.339 e. The number of rotatable bonds is 4. The minimum Gasteiger partial charge on any atom is -0.478 e. The Labute approximate surface area is 91.8 Å². The summed E-state index contributed by atoms with van der Waals surface area (Å²) in [5.41, 5.74) is 10.8. The summed E-state index contributed by atoms with van der Waals surface area (Å²) in [6.45, 7) is 0.0267. The predicted octanol–water partition coefficient (Wildman–Crippen LogP) is -0.215. The Balaban J connectivity index is 2.74. The maximum atomic E-state index is 11.4. The van der Waals surface area contributed by atoms with Gasteiger partial charge in [0.2, 0.25) is 0 Å². The molecule has 0 spiro atoms. The molecule has 0 heterocycles. The van der Waals surface area contributed by atoms with Crippen LogP contribution in [-0.4, -0.2) is 29.8 Å². The molecule has 86 valence electrons. The molecule has 0 saturated heterocycles. The Morgan fingerprint density at radius 1 is 1.25 bits per heavy atom. The Bertz CT molecular complexity index is 388. The van der Waals surface area contributed by atoms with E-state index in [1.807, 2.05) is 0 Å². The van der Waals surface area contributed by atoms with Crippen molar-refractivity contribution in [1.82, 2.24) is 0 Å². The summed E-state index contributed by atoms with van der Waals surface area (Å²) in [5.74, 6) is -1.69. The SMILES string of the molecule is NCC(N)OC(=O)c1ccc(C(=O)O)cc1. The average Bonchev–Trinajstić information content (AvgIpc) is 2.28. The quantitative estimate of drug-likeness (QED) is 0.481. The molecule has 0 bridgehead atoms. The summed E-state index contributed by atoms with van der Waals surface area (Å²) < 4.78 is 4.75. The lowest BCUT2D eigenvalue weighted by atomic mass is 10.1. The molecule has 16 heavy (non-hydrogen) atoms. The molecule has 1 atom stereocenters. The highest BCUT2D eigenvalue weighted by atomic mass is 16.6. The van der Waals surface area contributed by atoms with E-state index < -0.39 is 18.2 Å². The third kappa shape index (κ3) is 3.04. The van der Waals surface area contributed by atoms with E-state index in [9.17, 15) is 9.59 Å². The van der Waals surface area contributed by atoms with Gasteiger partial charge in [0.25, 0.3) is 0 Å². The minimum absolute atomic E-state index is 0.0267. The van der Waals surface area contributed by atoms with Crippen molar-refractivity contribution in [3.63, 3.8) is 0 Å². The van der Waals surface area contributed by atoms with Gasteiger partial charge in [0.1, 0.15) is 0 Å². The number of aromatic carboxylic acids is 1. The highest BCUT2D eigenvalue weighted by molar-refractivity contribution is 5.92. The fourth-order valence-electron chi connectivity index (χ4n) is 1.00. The Hall–Kier alpha value is -1.92. The lowest BCUT2D eigenvalue weighted by molar-refractivity contribution is 0.0334. The summed E-state index contributed by atoms with van der Waals surface area (Å²) >= 11 is 0. The van der Waals surface area contributed by atoms with Gasteiger partial charge in [-0.3, -0.25) is 5.73 Å². The van der Waals surface area contributed by atoms with Crippen LogP contribution in [0.3, 0.4) is 0 Å². The van der Waals surface area contributed by atoms with Crippen LogP contribution in [0.2, 0.25) is 0 Å². The second kappa shape index (κ2) is 5.24. The molecule has 1 aromatic rings. The van der Waals surface area contributed by atoms with Crippen molar-refractivity contribution in [1.29, 1.82) is 0 Å². The fourth-order valence-corrected chi connectivity index (χ4v) is 1.00. The summed E-state index contributed by atoms with van der Waals surface area (Å²) in [6.07, 6.45) is -0.855. The van der Waals surface area contributed by atoms with Crippen molar-refractivity contribution < 1.29 is 19.4 Å². The molecule has 0 aliphatic heterocycles. The second-order valence-electron chi connectivity index (χ2n) is 3.06. The normalized spacial score (nSPS) is 11.9. The van der Waals surface area contributed by atoms with Crippen molar-refractivity contribution in [2.45, 2.75) is 6.23 Å². The standard InChI is InChI=1S/C10H12N2O4/c11-5-8(12)16-10(15)7-3-1-6(2-4-7)9(13)14/h1-4,8H,5,11-12H2,(H,13,14). The number of carboxylic acid groups (broad SMARTS) is 1. The van der Waals surface area contributed by atoms with Crippen LogP contribution >= 0.6 is 0 Å². The molecule has 0 radical (unpaired) electrons. The number of carbonyl (C=O) groups is 2. The summed E-state index contributed by atoms with van der Waals surface area (Å²) in [6, 6.07) is 5.34. The first kappa shape index (κ1) is 12.2.